The number of hydrogen-bond acceptors (Lipinski definition) is 5. The Morgan fingerprint density at radius 2 is 1.76 bits per heavy atom. The molecular weight excluding hydrogens is 224 g/mol. The Morgan fingerprint density at radius 1 is 1.18 bits per heavy atom. The first-order valence-corrected chi connectivity index (χ1v) is 5.53. The monoisotopic (exact) mass is 242 g/mol. The van der Waals surface area contributed by atoms with Crippen LogP contribution in [0.15, 0.2) is 12.2 Å². The molecule has 0 aromatic rings. The lowest BCUT2D eigenvalue weighted by Gasteiger charge is -2.06. The zero-order valence-electron chi connectivity index (χ0n) is 10.4. The third-order valence-corrected chi connectivity index (χ3v) is 1.96. The fourth-order valence-electron chi connectivity index (χ4n) is 0.798. The van der Waals surface area contributed by atoms with E-state index >= 15 is 0 Å². The van der Waals surface area contributed by atoms with E-state index in [1.54, 1.807) is 0 Å². The molecule has 0 saturated heterocycles. The summed E-state index contributed by atoms with van der Waals surface area (Å²) >= 11 is 0. The Morgan fingerprint density at radius 3 is 2.29 bits per heavy atom. The Balaban J connectivity index is 3.94. The van der Waals surface area contributed by atoms with Gasteiger partial charge in [-0.05, 0) is 20.3 Å². The van der Waals surface area contributed by atoms with Gasteiger partial charge in [-0.1, -0.05) is 13.3 Å². The van der Waals surface area contributed by atoms with Crippen LogP contribution in [0.2, 0.25) is 0 Å². The predicted octanol–water partition coefficient (Wildman–Crippen LogP) is 1.41. The minimum atomic E-state index is -0.803. The molecule has 0 spiro atoms. The van der Waals surface area contributed by atoms with Crippen LogP contribution in [0.5, 0.6) is 0 Å². The van der Waals surface area contributed by atoms with Gasteiger partial charge in [-0.3, -0.25) is 4.79 Å². The summed E-state index contributed by atoms with van der Waals surface area (Å²) in [6.07, 6.45) is 2.85. The SMILES string of the molecule is CCCCOC(=O)/C=C/C(=O)OC(C)C(C)=O. The fourth-order valence-corrected chi connectivity index (χ4v) is 0.798. The number of Topliss-reactive ketones (excluding diaryl/α,β-unsaturated/α-hetero) is 1. The lowest BCUT2D eigenvalue weighted by Crippen LogP contribution is -2.20. The number of ketones is 1. The van der Waals surface area contributed by atoms with Crippen molar-refractivity contribution >= 4 is 17.7 Å². The largest absolute Gasteiger partial charge is 0.463 e. The molecule has 0 saturated carbocycles. The number of rotatable bonds is 7. The van der Waals surface area contributed by atoms with Crippen LogP contribution in [0.3, 0.4) is 0 Å². The van der Waals surface area contributed by atoms with Crippen molar-refractivity contribution in [1.29, 1.82) is 0 Å². The minimum Gasteiger partial charge on any atom is -0.463 e. The molecule has 0 aromatic heterocycles. The van der Waals surface area contributed by atoms with Crippen molar-refractivity contribution in [3.8, 4) is 0 Å². The van der Waals surface area contributed by atoms with Crippen LogP contribution in [-0.4, -0.2) is 30.4 Å². The highest BCUT2D eigenvalue weighted by atomic mass is 16.5. The molecule has 0 aliphatic heterocycles. The summed E-state index contributed by atoms with van der Waals surface area (Å²) in [6, 6.07) is 0. The predicted molar refractivity (Wildman–Crippen MR) is 61.2 cm³/mol. The molecule has 0 bridgehead atoms. The van der Waals surface area contributed by atoms with E-state index in [9.17, 15) is 14.4 Å². The van der Waals surface area contributed by atoms with Crippen LogP contribution in [0.1, 0.15) is 33.6 Å². The number of unbranched alkanes of at least 4 members (excludes halogenated alkanes) is 1. The maximum Gasteiger partial charge on any atom is 0.331 e. The normalized spacial score (nSPS) is 12.2. The molecule has 0 amide bonds. The van der Waals surface area contributed by atoms with E-state index in [-0.39, 0.29) is 5.78 Å². The van der Waals surface area contributed by atoms with Crippen LogP contribution < -0.4 is 0 Å². The van der Waals surface area contributed by atoms with E-state index in [0.717, 1.165) is 25.0 Å². The molecule has 0 aromatic carbocycles. The number of carbonyl (C=O) groups is 3. The van der Waals surface area contributed by atoms with Crippen molar-refractivity contribution in [3.63, 3.8) is 0 Å². The molecule has 17 heavy (non-hydrogen) atoms. The first-order valence-electron chi connectivity index (χ1n) is 5.53. The summed E-state index contributed by atoms with van der Waals surface area (Å²) < 4.78 is 9.49. The van der Waals surface area contributed by atoms with Gasteiger partial charge in [-0.2, -0.15) is 0 Å². The smallest absolute Gasteiger partial charge is 0.331 e. The molecule has 5 heteroatoms. The molecule has 0 aliphatic carbocycles. The van der Waals surface area contributed by atoms with Gasteiger partial charge < -0.3 is 9.47 Å². The topological polar surface area (TPSA) is 69.7 Å². The Bertz CT molecular complexity index is 306. The summed E-state index contributed by atoms with van der Waals surface area (Å²) in [7, 11) is 0. The summed E-state index contributed by atoms with van der Waals surface area (Å²) in [5.41, 5.74) is 0. The highest BCUT2D eigenvalue weighted by molar-refractivity contribution is 5.93. The second-order valence-electron chi connectivity index (χ2n) is 3.54. The van der Waals surface area contributed by atoms with Crippen LogP contribution in [0, 0.1) is 0 Å². The Kier molecular flexibility index (Phi) is 7.67. The van der Waals surface area contributed by atoms with Crippen molar-refractivity contribution in [1.82, 2.24) is 0 Å². The maximum absolute atomic E-state index is 11.1. The Labute approximate surface area is 101 Å². The average Bonchev–Trinajstić information content (AvgIpc) is 2.26. The van der Waals surface area contributed by atoms with Gasteiger partial charge in [-0.15, -0.1) is 0 Å². The van der Waals surface area contributed by atoms with Gasteiger partial charge in [0.25, 0.3) is 0 Å². The van der Waals surface area contributed by atoms with Crippen molar-refractivity contribution < 1.29 is 23.9 Å². The molecule has 1 atom stereocenters. The Hall–Kier alpha value is -1.65. The molecule has 0 radical (unpaired) electrons. The van der Waals surface area contributed by atoms with Crippen molar-refractivity contribution in [3.05, 3.63) is 12.2 Å². The van der Waals surface area contributed by atoms with E-state index in [4.69, 9.17) is 9.47 Å². The molecule has 0 rings (SSSR count). The average molecular weight is 242 g/mol. The first-order chi connectivity index (χ1) is 7.97. The molecule has 0 N–H and O–H groups in total. The molecule has 0 fully saturated rings. The van der Waals surface area contributed by atoms with E-state index < -0.39 is 18.0 Å². The number of ether oxygens (including phenoxy) is 2. The fraction of sp³-hybridized carbons (Fsp3) is 0.583. The second-order valence-corrected chi connectivity index (χ2v) is 3.54. The molecule has 1 unspecified atom stereocenters. The molecular formula is C12H18O5. The van der Waals surface area contributed by atoms with Crippen molar-refractivity contribution in [2.24, 2.45) is 0 Å². The minimum absolute atomic E-state index is 0.253. The van der Waals surface area contributed by atoms with Gasteiger partial charge in [0, 0.05) is 12.2 Å². The zero-order chi connectivity index (χ0) is 13.3. The van der Waals surface area contributed by atoms with Gasteiger partial charge in [-0.25, -0.2) is 9.59 Å². The van der Waals surface area contributed by atoms with Gasteiger partial charge in [0.2, 0.25) is 0 Å². The molecule has 0 aliphatic rings. The van der Waals surface area contributed by atoms with Gasteiger partial charge in [0.05, 0.1) is 6.61 Å². The van der Waals surface area contributed by atoms with Crippen LogP contribution in [0.4, 0.5) is 0 Å². The third-order valence-electron chi connectivity index (χ3n) is 1.96. The van der Waals surface area contributed by atoms with Crippen LogP contribution in [-0.2, 0) is 23.9 Å². The summed E-state index contributed by atoms with van der Waals surface area (Å²) in [6.45, 7) is 5.09. The standard InChI is InChI=1S/C12H18O5/c1-4-5-8-16-11(14)6-7-12(15)17-10(3)9(2)13/h6-7,10H,4-5,8H2,1-3H3/b7-6+. The second kappa shape index (κ2) is 8.50. The van der Waals surface area contributed by atoms with Gasteiger partial charge in [0.1, 0.15) is 0 Å². The summed E-state index contributed by atoms with van der Waals surface area (Å²) in [4.78, 5) is 33.0. The summed E-state index contributed by atoms with van der Waals surface area (Å²) in [5, 5.41) is 0. The van der Waals surface area contributed by atoms with Crippen molar-refractivity contribution in [2.75, 3.05) is 6.61 Å². The lowest BCUT2D eigenvalue weighted by atomic mass is 10.3. The van der Waals surface area contributed by atoms with Gasteiger partial charge in [0.15, 0.2) is 11.9 Å². The quantitative estimate of drug-likeness (QED) is 0.383. The van der Waals surface area contributed by atoms with Crippen LogP contribution in [0.25, 0.3) is 0 Å². The van der Waals surface area contributed by atoms with Crippen LogP contribution >= 0.6 is 0 Å². The third kappa shape index (κ3) is 8.19. The molecule has 0 heterocycles. The van der Waals surface area contributed by atoms with E-state index in [1.165, 1.54) is 13.8 Å². The number of hydrogen-bond donors (Lipinski definition) is 0. The van der Waals surface area contributed by atoms with E-state index in [0.29, 0.717) is 6.61 Å². The van der Waals surface area contributed by atoms with E-state index in [2.05, 4.69) is 0 Å². The van der Waals surface area contributed by atoms with E-state index in [1.807, 2.05) is 6.92 Å². The first kappa shape index (κ1) is 15.3. The number of carbonyl (C=O) groups excluding carboxylic acids is 3. The molecule has 96 valence electrons. The summed E-state index contributed by atoms with van der Waals surface area (Å²) in [5.74, 6) is -1.58. The molecule has 5 nitrogen and oxygen atoms in total. The maximum atomic E-state index is 11.1. The zero-order valence-corrected chi connectivity index (χ0v) is 10.4. The number of esters is 2. The van der Waals surface area contributed by atoms with Gasteiger partial charge >= 0.3 is 11.9 Å². The highest BCUT2D eigenvalue weighted by Gasteiger charge is 2.11. The highest BCUT2D eigenvalue weighted by Crippen LogP contribution is 1.95. The van der Waals surface area contributed by atoms with Crippen molar-refractivity contribution in [2.45, 2.75) is 39.7 Å². The lowest BCUT2D eigenvalue weighted by molar-refractivity contribution is -0.148.